The molecule has 370 valence electrons. The number of ether oxygens (including phenoxy) is 8. The highest BCUT2D eigenvalue weighted by atomic mass is 19.5. The smallest absolute Gasteiger partial charge is 0.487 e. The number of nitrogens with one attached hydrogen (secondary N) is 4. The maximum atomic E-state index is 9.75. The average Bonchev–Trinajstić information content (AvgIpc) is 3.91. The van der Waals surface area contributed by atoms with Gasteiger partial charge in [-0.05, 0) is 48.5 Å². The lowest BCUT2D eigenvalue weighted by molar-refractivity contribution is -0.366. The second-order valence-electron chi connectivity index (χ2n) is 13.2. The number of fused-ring (bicyclic) bond motifs is 4. The summed E-state index contributed by atoms with van der Waals surface area (Å²) in [5, 5.41) is 14.6. The minimum absolute atomic E-state index is 0.425. The van der Waals surface area contributed by atoms with Gasteiger partial charge in [0.25, 0.3) is 11.6 Å². The van der Waals surface area contributed by atoms with E-state index in [0.29, 0.717) is 102 Å². The number of para-hydroxylation sites is 8. The highest BCUT2D eigenvalue weighted by Gasteiger charge is 2.21. The largest absolute Gasteiger partial charge is 0.673 e. The molecule has 0 saturated heterocycles. The number of halogens is 8. The lowest BCUT2D eigenvalue weighted by Crippen LogP contribution is -2.15. The fraction of sp³-hybridized carbons (Fsp3) is 0.364. The van der Waals surface area contributed by atoms with Gasteiger partial charge in [0, 0.05) is 13.8 Å². The molecule has 0 spiro atoms. The Morgan fingerprint density at radius 2 is 0.647 bits per heavy atom. The molecule has 0 bridgehead atoms. The first-order valence-electron chi connectivity index (χ1n) is 21.0. The van der Waals surface area contributed by atoms with E-state index in [1.807, 2.05) is 72.8 Å². The van der Waals surface area contributed by atoms with Crippen LogP contribution in [0.3, 0.4) is 0 Å². The van der Waals surface area contributed by atoms with Crippen LogP contribution in [0.15, 0.2) is 97.1 Å². The van der Waals surface area contributed by atoms with Crippen LogP contribution in [0.1, 0.15) is 25.5 Å². The molecule has 4 N–H and O–H groups in total. The van der Waals surface area contributed by atoms with Crippen molar-refractivity contribution in [2.75, 3.05) is 79.3 Å². The number of imidazole rings is 2. The number of aryl methyl sites for hydroxylation is 2. The van der Waals surface area contributed by atoms with Crippen molar-refractivity contribution in [2.24, 2.45) is 0 Å². The van der Waals surface area contributed by atoms with E-state index < -0.39 is 14.5 Å². The molecule has 1 aliphatic rings. The fourth-order valence-corrected chi connectivity index (χ4v) is 5.48. The van der Waals surface area contributed by atoms with Gasteiger partial charge in [0.1, 0.15) is 26.4 Å². The number of nitriles is 2. The van der Waals surface area contributed by atoms with Crippen molar-refractivity contribution in [3.8, 4) is 35.1 Å². The molecule has 2 aromatic heterocycles. The molecular weight excluding hydrogens is 914 g/mol. The minimum atomic E-state index is -6.00. The van der Waals surface area contributed by atoms with Crippen molar-refractivity contribution in [3.63, 3.8) is 0 Å². The first-order chi connectivity index (χ1) is 32.6. The first-order valence-corrected chi connectivity index (χ1v) is 21.0. The Bertz CT molecular complexity index is 2040. The van der Waals surface area contributed by atoms with Gasteiger partial charge < -0.3 is 72.4 Å². The predicted molar refractivity (Wildman–Crippen MR) is 238 cm³/mol. The molecule has 1 aliphatic heterocycles. The normalized spacial score (nSPS) is 13.9. The number of H-pyrrole nitrogens is 4. The lowest BCUT2D eigenvalue weighted by Gasteiger charge is -2.14. The van der Waals surface area contributed by atoms with Crippen LogP contribution in [-0.4, -0.2) is 104 Å². The molecule has 0 unspecified atom stereocenters. The molecule has 68 heavy (non-hydrogen) atoms. The molecule has 0 saturated carbocycles. The average molecular weight is 969 g/mol. The van der Waals surface area contributed by atoms with Gasteiger partial charge in [-0.25, -0.2) is 19.9 Å². The van der Waals surface area contributed by atoms with E-state index in [-0.39, 0.29) is 0 Å². The zero-order valence-corrected chi connectivity index (χ0v) is 37.5. The van der Waals surface area contributed by atoms with Crippen molar-refractivity contribution in [1.82, 2.24) is 9.97 Å². The summed E-state index contributed by atoms with van der Waals surface area (Å²) in [5.41, 5.74) is 4.62. The molecule has 3 heterocycles. The minimum Gasteiger partial charge on any atom is -0.487 e. The SMILES string of the molecule is CC#N.CC#N.F[B-](F)(F)F.F[B-](F)(F)F.c1ccc2[nH+]c(CCc3[nH]c4ccccc4[nH+]3)[nH]c2c1.c1ccc2c(c1)OCCOCCOCCOc1ccccc1OCCOCCOCCO2. The van der Waals surface area contributed by atoms with E-state index >= 15 is 0 Å². The van der Waals surface area contributed by atoms with Crippen LogP contribution < -0.4 is 28.9 Å². The fourth-order valence-electron chi connectivity index (χ4n) is 5.48. The molecule has 6 aromatic rings. The van der Waals surface area contributed by atoms with Crippen molar-refractivity contribution >= 4 is 36.6 Å². The molecule has 4 aromatic carbocycles. The van der Waals surface area contributed by atoms with E-state index in [4.69, 9.17) is 48.4 Å². The number of benzene rings is 4. The molecule has 0 atom stereocenters. The van der Waals surface area contributed by atoms with Crippen molar-refractivity contribution < 1.29 is 82.4 Å². The number of hydrogen-bond donors (Lipinski definition) is 2. The number of hydrogen-bond acceptors (Lipinski definition) is 10. The Kier molecular flexibility index (Phi) is 28.6. The standard InChI is InChI=1S/C24H32O8.C16H14N4.2C2H3N.2BF4/c1-2-6-22-21(5-1)29-17-13-25-9-10-27-15-19-31-23-7-3-4-8-24(23)32-20-16-28-12-11-26-14-18-30-22;1-2-6-12-11(5-1)17-15(18-12)9-10-16-19-13-7-3-4-8-14(13)20-16;2*1-2-3;2*2-1(3,4)5/h1-8H,9-20H2;1-8H,9-10H2,(H,17,18)(H,19,20);2*1H3;;/q;;;;2*-1/p+2. The van der Waals surface area contributed by atoms with Gasteiger partial charge in [-0.1, -0.05) is 48.5 Å². The van der Waals surface area contributed by atoms with Gasteiger partial charge in [0.05, 0.1) is 77.8 Å². The molecule has 7 rings (SSSR count). The second kappa shape index (κ2) is 33.8. The molecular formula is C44H54B2F8N6O8. The van der Waals surface area contributed by atoms with E-state index in [9.17, 15) is 34.5 Å². The molecule has 24 heteroatoms. The summed E-state index contributed by atoms with van der Waals surface area (Å²) in [7, 11) is -12.0. The van der Waals surface area contributed by atoms with Gasteiger partial charge in [0.15, 0.2) is 45.1 Å². The molecule has 0 aliphatic carbocycles. The van der Waals surface area contributed by atoms with Crippen LogP contribution >= 0.6 is 0 Å². The lowest BCUT2D eigenvalue weighted by atomic mass is 10.3. The summed E-state index contributed by atoms with van der Waals surface area (Å²) >= 11 is 0. The summed E-state index contributed by atoms with van der Waals surface area (Å²) in [6, 6.07) is 35.1. The molecule has 0 amide bonds. The van der Waals surface area contributed by atoms with Crippen LogP contribution in [0.2, 0.25) is 0 Å². The highest BCUT2D eigenvalue weighted by molar-refractivity contribution is 6.50. The van der Waals surface area contributed by atoms with Crippen molar-refractivity contribution in [3.05, 3.63) is 109 Å². The zero-order chi connectivity index (χ0) is 49.9. The van der Waals surface area contributed by atoms with Gasteiger partial charge in [-0.2, -0.15) is 10.5 Å². The predicted octanol–water partition coefficient (Wildman–Crippen LogP) is 8.70. The van der Waals surface area contributed by atoms with Crippen LogP contribution in [0.5, 0.6) is 23.0 Å². The van der Waals surface area contributed by atoms with E-state index in [0.717, 1.165) is 46.6 Å². The number of aromatic amines is 4. The van der Waals surface area contributed by atoms with Crippen LogP contribution in [0, 0.1) is 22.7 Å². The maximum Gasteiger partial charge on any atom is 0.673 e. The maximum absolute atomic E-state index is 9.75. The zero-order valence-electron chi connectivity index (χ0n) is 37.5. The third-order valence-corrected chi connectivity index (χ3v) is 8.00. The first kappa shape index (κ1) is 57.5. The monoisotopic (exact) mass is 968 g/mol. The summed E-state index contributed by atoms with van der Waals surface area (Å²) in [6.45, 7) is 8.34. The van der Waals surface area contributed by atoms with E-state index in [2.05, 4.69) is 44.2 Å². The van der Waals surface area contributed by atoms with Gasteiger partial charge in [-0.15, -0.1) is 0 Å². The van der Waals surface area contributed by atoms with Crippen molar-refractivity contribution in [2.45, 2.75) is 26.7 Å². The Hall–Kier alpha value is -6.59. The Balaban J connectivity index is 0.000000371. The third-order valence-electron chi connectivity index (χ3n) is 8.00. The van der Waals surface area contributed by atoms with E-state index in [1.54, 1.807) is 12.1 Å². The number of nitrogens with zero attached hydrogens (tertiary/aromatic N) is 2. The second-order valence-corrected chi connectivity index (χ2v) is 13.2. The van der Waals surface area contributed by atoms with E-state index in [1.165, 1.54) is 13.8 Å². The highest BCUT2D eigenvalue weighted by Crippen LogP contribution is 2.27. The number of aromatic nitrogens is 4. The van der Waals surface area contributed by atoms with Crippen molar-refractivity contribution in [1.29, 1.82) is 10.5 Å². The van der Waals surface area contributed by atoms with Gasteiger partial charge in [0.2, 0.25) is 0 Å². The summed E-state index contributed by atoms with van der Waals surface area (Å²) in [6.07, 6.45) is 1.88. The Morgan fingerprint density at radius 1 is 0.426 bits per heavy atom. The topological polar surface area (TPSA) is 181 Å². The molecule has 0 radical (unpaired) electrons. The quantitative estimate of drug-likeness (QED) is 0.129. The van der Waals surface area contributed by atoms with Gasteiger partial charge >= 0.3 is 14.5 Å². The summed E-state index contributed by atoms with van der Waals surface area (Å²) in [4.78, 5) is 13.7. The third kappa shape index (κ3) is 28.4. The Labute approximate surface area is 388 Å². The van der Waals surface area contributed by atoms with Crippen LogP contribution in [0.25, 0.3) is 22.1 Å². The summed E-state index contributed by atoms with van der Waals surface area (Å²) < 4.78 is 123. The van der Waals surface area contributed by atoms with Crippen LogP contribution in [0.4, 0.5) is 34.5 Å². The van der Waals surface area contributed by atoms with Gasteiger partial charge in [-0.3, -0.25) is 0 Å². The summed E-state index contributed by atoms with van der Waals surface area (Å²) in [5.74, 6) is 5.03. The molecule has 0 fully saturated rings. The Morgan fingerprint density at radius 3 is 0.897 bits per heavy atom. The van der Waals surface area contributed by atoms with Crippen LogP contribution in [-0.2, 0) is 31.8 Å². The number of rotatable bonds is 3. The molecule has 14 nitrogen and oxygen atoms in total.